The second-order valence-corrected chi connectivity index (χ2v) is 4.18. The van der Waals surface area contributed by atoms with Gasteiger partial charge in [0.1, 0.15) is 10.9 Å². The molecule has 76 valence electrons. The number of nitriles is 1. The second-order valence-electron chi connectivity index (χ2n) is 3.17. The molecule has 0 saturated carbocycles. The van der Waals surface area contributed by atoms with Gasteiger partial charge in [-0.2, -0.15) is 5.26 Å². The smallest absolute Gasteiger partial charge is 0.186 e. The van der Waals surface area contributed by atoms with Crippen molar-refractivity contribution in [2.75, 3.05) is 11.9 Å². The summed E-state index contributed by atoms with van der Waals surface area (Å²) >= 11 is 1.40. The fourth-order valence-corrected chi connectivity index (χ4v) is 1.96. The molecule has 0 fully saturated rings. The Morgan fingerprint density at radius 3 is 3.13 bits per heavy atom. The van der Waals surface area contributed by atoms with Crippen molar-refractivity contribution < 1.29 is 0 Å². The lowest BCUT2D eigenvalue weighted by molar-refractivity contribution is 0.888. The summed E-state index contributed by atoms with van der Waals surface area (Å²) in [4.78, 5) is 9.96. The first-order valence-electron chi connectivity index (χ1n) is 4.49. The Morgan fingerprint density at radius 2 is 2.53 bits per heavy atom. The molecule has 0 radical (unpaired) electrons. The number of thiazole rings is 1. The number of nitrogens with zero attached hydrogens (tertiary/aromatic N) is 3. The summed E-state index contributed by atoms with van der Waals surface area (Å²) in [5.74, 6) is 0. The molecule has 1 N–H and O–H groups in total. The van der Waals surface area contributed by atoms with Crippen LogP contribution < -0.4 is 4.90 Å². The van der Waals surface area contributed by atoms with Gasteiger partial charge in [-0.3, -0.25) is 0 Å². The number of hydrogen-bond donors (Lipinski definition) is 1. The first-order chi connectivity index (χ1) is 7.29. The molecule has 0 amide bonds. The van der Waals surface area contributed by atoms with Gasteiger partial charge in [-0.25, -0.2) is 4.98 Å². The summed E-state index contributed by atoms with van der Waals surface area (Å²) in [5, 5.41) is 9.55. The standard InChI is InChI=1S/C10H10N4S/c1-14(7-8-3-2-4-12-8)10-13-6-9(5-11)15-10/h2-4,6,12H,7H2,1H3. The van der Waals surface area contributed by atoms with E-state index in [1.54, 1.807) is 6.20 Å². The van der Waals surface area contributed by atoms with Gasteiger partial charge in [0.05, 0.1) is 12.7 Å². The van der Waals surface area contributed by atoms with Gasteiger partial charge in [-0.15, -0.1) is 0 Å². The Morgan fingerprint density at radius 1 is 1.67 bits per heavy atom. The van der Waals surface area contributed by atoms with Gasteiger partial charge in [0.15, 0.2) is 5.13 Å². The van der Waals surface area contributed by atoms with Crippen LogP contribution in [0.1, 0.15) is 10.6 Å². The minimum atomic E-state index is 0.642. The van der Waals surface area contributed by atoms with Gasteiger partial charge in [0.2, 0.25) is 0 Å². The van der Waals surface area contributed by atoms with Crippen LogP contribution in [0, 0.1) is 11.3 Å². The molecule has 0 aromatic carbocycles. The molecule has 5 heteroatoms. The first-order valence-corrected chi connectivity index (χ1v) is 5.30. The van der Waals surface area contributed by atoms with Gasteiger partial charge >= 0.3 is 0 Å². The monoisotopic (exact) mass is 218 g/mol. The SMILES string of the molecule is CN(Cc1ccc[nH]1)c1ncc(C#N)s1. The Kier molecular flexibility index (Phi) is 2.70. The third kappa shape index (κ3) is 2.17. The summed E-state index contributed by atoms with van der Waals surface area (Å²) in [6, 6.07) is 6.07. The molecule has 2 aromatic heterocycles. The summed E-state index contributed by atoms with van der Waals surface area (Å²) in [5.41, 5.74) is 1.13. The van der Waals surface area contributed by atoms with Gasteiger partial charge in [-0.05, 0) is 12.1 Å². The molecule has 0 spiro atoms. The number of aromatic amines is 1. The van der Waals surface area contributed by atoms with Crippen molar-refractivity contribution in [2.45, 2.75) is 6.54 Å². The minimum absolute atomic E-state index is 0.642. The van der Waals surface area contributed by atoms with Crippen molar-refractivity contribution in [1.82, 2.24) is 9.97 Å². The van der Waals surface area contributed by atoms with E-state index in [2.05, 4.69) is 16.0 Å². The molecule has 0 unspecified atom stereocenters. The molecule has 4 nitrogen and oxygen atoms in total. The molecule has 0 bridgehead atoms. The van der Waals surface area contributed by atoms with Crippen LogP contribution in [0.5, 0.6) is 0 Å². The van der Waals surface area contributed by atoms with Crippen LogP contribution in [0.2, 0.25) is 0 Å². The topological polar surface area (TPSA) is 55.7 Å². The molecule has 0 atom stereocenters. The molecule has 2 rings (SSSR count). The van der Waals surface area contributed by atoms with Gasteiger partial charge < -0.3 is 9.88 Å². The van der Waals surface area contributed by atoms with Crippen LogP contribution >= 0.6 is 11.3 Å². The Bertz CT molecular complexity index is 466. The van der Waals surface area contributed by atoms with Crippen molar-refractivity contribution in [3.05, 3.63) is 35.1 Å². The Balaban J connectivity index is 2.08. The number of aromatic nitrogens is 2. The van der Waals surface area contributed by atoms with E-state index in [0.717, 1.165) is 17.4 Å². The fourth-order valence-electron chi connectivity index (χ4n) is 1.28. The molecule has 2 aromatic rings. The van der Waals surface area contributed by atoms with E-state index < -0.39 is 0 Å². The Hall–Kier alpha value is -1.80. The molecule has 15 heavy (non-hydrogen) atoms. The van der Waals surface area contributed by atoms with E-state index in [0.29, 0.717) is 4.88 Å². The highest BCUT2D eigenvalue weighted by Gasteiger charge is 2.07. The fraction of sp³-hybridized carbons (Fsp3) is 0.200. The van der Waals surface area contributed by atoms with E-state index in [4.69, 9.17) is 5.26 Å². The predicted molar refractivity (Wildman–Crippen MR) is 59.7 cm³/mol. The van der Waals surface area contributed by atoms with Crippen LogP contribution in [-0.4, -0.2) is 17.0 Å². The van der Waals surface area contributed by atoms with Crippen molar-refractivity contribution in [3.63, 3.8) is 0 Å². The number of rotatable bonds is 3. The summed E-state index contributed by atoms with van der Waals surface area (Å²) < 4.78 is 0. The van der Waals surface area contributed by atoms with Gasteiger partial charge in [0.25, 0.3) is 0 Å². The third-order valence-electron chi connectivity index (χ3n) is 2.00. The molecule has 2 heterocycles. The number of hydrogen-bond acceptors (Lipinski definition) is 4. The summed E-state index contributed by atoms with van der Waals surface area (Å²) in [6.45, 7) is 0.769. The average molecular weight is 218 g/mol. The maximum Gasteiger partial charge on any atom is 0.186 e. The molecule has 0 saturated heterocycles. The first kappa shape index (κ1) is 9.74. The second kappa shape index (κ2) is 4.15. The van der Waals surface area contributed by atoms with E-state index in [1.165, 1.54) is 11.3 Å². The molecule has 0 aliphatic carbocycles. The Labute approximate surface area is 91.8 Å². The van der Waals surface area contributed by atoms with Crippen LogP contribution in [0.25, 0.3) is 0 Å². The number of nitrogens with one attached hydrogen (secondary N) is 1. The van der Waals surface area contributed by atoms with Gasteiger partial charge in [-0.1, -0.05) is 11.3 Å². The van der Waals surface area contributed by atoms with Crippen molar-refractivity contribution >= 4 is 16.5 Å². The maximum absolute atomic E-state index is 8.69. The average Bonchev–Trinajstić information content (AvgIpc) is 2.86. The normalized spacial score (nSPS) is 9.87. The van der Waals surface area contributed by atoms with E-state index in [9.17, 15) is 0 Å². The molecule has 0 aliphatic heterocycles. The highest BCUT2D eigenvalue weighted by molar-refractivity contribution is 7.16. The lowest BCUT2D eigenvalue weighted by atomic mass is 10.4. The van der Waals surface area contributed by atoms with E-state index in [1.807, 2.05) is 30.3 Å². The van der Waals surface area contributed by atoms with Crippen LogP contribution in [-0.2, 0) is 6.54 Å². The van der Waals surface area contributed by atoms with Crippen LogP contribution in [0.3, 0.4) is 0 Å². The predicted octanol–water partition coefficient (Wildman–Crippen LogP) is 1.98. The lowest BCUT2D eigenvalue weighted by Gasteiger charge is -2.13. The van der Waals surface area contributed by atoms with Crippen LogP contribution in [0.4, 0.5) is 5.13 Å². The molecular weight excluding hydrogens is 208 g/mol. The van der Waals surface area contributed by atoms with Crippen molar-refractivity contribution in [3.8, 4) is 6.07 Å². The number of H-pyrrole nitrogens is 1. The zero-order valence-corrected chi connectivity index (χ0v) is 9.08. The zero-order valence-electron chi connectivity index (χ0n) is 8.27. The molecule has 0 aliphatic rings. The maximum atomic E-state index is 8.69. The van der Waals surface area contributed by atoms with Crippen molar-refractivity contribution in [1.29, 1.82) is 5.26 Å². The molecular formula is C10H10N4S. The van der Waals surface area contributed by atoms with Gasteiger partial charge in [0, 0.05) is 18.9 Å². The minimum Gasteiger partial charge on any atom is -0.364 e. The quantitative estimate of drug-likeness (QED) is 0.857. The van der Waals surface area contributed by atoms with E-state index in [-0.39, 0.29) is 0 Å². The third-order valence-corrected chi connectivity index (χ3v) is 3.02. The lowest BCUT2D eigenvalue weighted by Crippen LogP contribution is -2.16. The zero-order chi connectivity index (χ0) is 10.7. The summed E-state index contributed by atoms with van der Waals surface area (Å²) in [6.07, 6.45) is 3.50. The summed E-state index contributed by atoms with van der Waals surface area (Å²) in [7, 11) is 1.96. The number of anilines is 1. The van der Waals surface area contributed by atoms with Crippen LogP contribution in [0.15, 0.2) is 24.5 Å². The highest BCUT2D eigenvalue weighted by atomic mass is 32.1. The van der Waals surface area contributed by atoms with Crippen molar-refractivity contribution in [2.24, 2.45) is 0 Å². The van der Waals surface area contributed by atoms with E-state index >= 15 is 0 Å². The highest BCUT2D eigenvalue weighted by Crippen LogP contribution is 2.21. The largest absolute Gasteiger partial charge is 0.364 e.